The van der Waals surface area contributed by atoms with Gasteiger partial charge in [-0.2, -0.15) is 0 Å². The Morgan fingerprint density at radius 1 is 1.23 bits per heavy atom. The van der Waals surface area contributed by atoms with Gasteiger partial charge in [0.05, 0.1) is 34.6 Å². The normalized spacial score (nSPS) is 15.5. The zero-order chi connectivity index (χ0) is 15.7. The molecule has 0 atom stereocenters. The molecule has 0 aliphatic carbocycles. The highest BCUT2D eigenvalue weighted by Crippen LogP contribution is 2.37. The first-order valence-corrected chi connectivity index (χ1v) is 7.59. The van der Waals surface area contributed by atoms with E-state index >= 15 is 0 Å². The number of rotatable bonds is 3. The highest BCUT2D eigenvalue weighted by Gasteiger charge is 2.24. The van der Waals surface area contributed by atoms with Crippen LogP contribution in [0.15, 0.2) is 18.5 Å². The maximum absolute atomic E-state index is 14.3. The lowest BCUT2D eigenvalue weighted by atomic mass is 10.1. The summed E-state index contributed by atoms with van der Waals surface area (Å²) in [6, 6.07) is 2.79. The van der Waals surface area contributed by atoms with E-state index in [4.69, 9.17) is 32.7 Å². The van der Waals surface area contributed by atoms with E-state index in [2.05, 4.69) is 9.97 Å². The molecule has 0 unspecified atom stereocenters. The monoisotopic (exact) mass is 342 g/mol. The molecule has 1 aromatic heterocycles. The lowest BCUT2D eigenvalue weighted by molar-refractivity contribution is -0.0440. The minimum Gasteiger partial charge on any atom is -0.346 e. The molecule has 1 saturated heterocycles. The highest BCUT2D eigenvalue weighted by atomic mass is 35.5. The average molecular weight is 343 g/mol. The van der Waals surface area contributed by atoms with Crippen molar-refractivity contribution in [2.24, 2.45) is 0 Å². The van der Waals surface area contributed by atoms with Crippen LogP contribution in [0.2, 0.25) is 10.0 Å². The quantitative estimate of drug-likeness (QED) is 0.838. The Kier molecular flexibility index (Phi) is 4.59. The summed E-state index contributed by atoms with van der Waals surface area (Å²) in [7, 11) is 0. The number of aryl methyl sites for hydroxylation is 1. The molecule has 1 aliphatic heterocycles. The van der Waals surface area contributed by atoms with Crippen molar-refractivity contribution < 1.29 is 13.9 Å². The van der Waals surface area contributed by atoms with Gasteiger partial charge in [-0.3, -0.25) is 0 Å². The van der Waals surface area contributed by atoms with Gasteiger partial charge in [-0.15, -0.1) is 0 Å². The molecule has 2 aromatic rings. The molecule has 1 aliphatic rings. The number of hydrogen-bond acceptors (Lipinski definition) is 4. The van der Waals surface area contributed by atoms with Gasteiger partial charge < -0.3 is 9.47 Å². The van der Waals surface area contributed by atoms with Gasteiger partial charge in [0.1, 0.15) is 12.1 Å². The van der Waals surface area contributed by atoms with Crippen molar-refractivity contribution in [2.75, 3.05) is 13.2 Å². The van der Waals surface area contributed by atoms with E-state index < -0.39 is 12.1 Å². The van der Waals surface area contributed by atoms with E-state index in [0.29, 0.717) is 41.6 Å². The van der Waals surface area contributed by atoms with E-state index in [9.17, 15) is 4.39 Å². The van der Waals surface area contributed by atoms with Crippen LogP contribution < -0.4 is 0 Å². The Morgan fingerprint density at radius 2 is 1.95 bits per heavy atom. The van der Waals surface area contributed by atoms with Crippen LogP contribution in [0.25, 0.3) is 11.3 Å². The number of halogens is 3. The lowest BCUT2D eigenvalue weighted by Gasteiger charge is -2.14. The van der Waals surface area contributed by atoms with Crippen LogP contribution in [0, 0.1) is 5.82 Å². The maximum atomic E-state index is 14.3. The molecule has 0 radical (unpaired) electrons. The summed E-state index contributed by atoms with van der Waals surface area (Å²) in [4.78, 5) is 8.20. The van der Waals surface area contributed by atoms with Gasteiger partial charge in [0.2, 0.25) is 0 Å². The van der Waals surface area contributed by atoms with Gasteiger partial charge in [0.15, 0.2) is 6.29 Å². The van der Waals surface area contributed by atoms with Crippen molar-refractivity contribution in [3.05, 3.63) is 45.6 Å². The third-order valence-corrected chi connectivity index (χ3v) is 4.14. The predicted octanol–water partition coefficient (Wildman–Crippen LogP) is 4.20. The van der Waals surface area contributed by atoms with Crippen molar-refractivity contribution in [3.63, 3.8) is 0 Å². The molecule has 1 aromatic carbocycles. The fourth-order valence-electron chi connectivity index (χ4n) is 2.31. The molecule has 22 heavy (non-hydrogen) atoms. The van der Waals surface area contributed by atoms with Gasteiger partial charge in [-0.25, -0.2) is 14.4 Å². The van der Waals surface area contributed by atoms with Crippen molar-refractivity contribution >= 4 is 23.2 Å². The van der Waals surface area contributed by atoms with E-state index in [1.54, 1.807) is 6.07 Å². The summed E-state index contributed by atoms with van der Waals surface area (Å²) in [5.74, 6) is -0.505. The summed E-state index contributed by atoms with van der Waals surface area (Å²) in [5.41, 5.74) is 1.81. The maximum Gasteiger partial charge on any atom is 0.185 e. The molecule has 7 heteroatoms. The molecule has 116 valence electrons. The molecule has 0 saturated carbocycles. The molecule has 1 fully saturated rings. The molecule has 3 rings (SSSR count). The van der Waals surface area contributed by atoms with Crippen LogP contribution in [0.1, 0.15) is 24.5 Å². The Bertz CT molecular complexity index is 706. The first-order valence-electron chi connectivity index (χ1n) is 6.83. The van der Waals surface area contributed by atoms with Crippen molar-refractivity contribution in [1.82, 2.24) is 9.97 Å². The Morgan fingerprint density at radius 3 is 2.64 bits per heavy atom. The first-order chi connectivity index (χ1) is 10.6. The second-order valence-electron chi connectivity index (χ2n) is 4.76. The van der Waals surface area contributed by atoms with Crippen molar-refractivity contribution in [3.8, 4) is 11.3 Å². The lowest BCUT2D eigenvalue weighted by Crippen LogP contribution is -2.02. The highest BCUT2D eigenvalue weighted by molar-refractivity contribution is 6.34. The Balaban J connectivity index is 2.12. The summed E-state index contributed by atoms with van der Waals surface area (Å²) in [6.45, 7) is 2.87. The Labute approximate surface area is 137 Å². The summed E-state index contributed by atoms with van der Waals surface area (Å²) in [5, 5.41) is 0.583. The SMILES string of the molecule is CCc1ncnc(-c2cc(C3OCCO3)c(Cl)cc2F)c1Cl. The molecular weight excluding hydrogens is 330 g/mol. The van der Waals surface area contributed by atoms with Crippen LogP contribution >= 0.6 is 23.2 Å². The average Bonchev–Trinajstić information content (AvgIpc) is 3.02. The number of nitrogens with zero attached hydrogens (tertiary/aromatic N) is 2. The van der Waals surface area contributed by atoms with Crippen LogP contribution in [-0.2, 0) is 15.9 Å². The van der Waals surface area contributed by atoms with Crippen LogP contribution in [0.5, 0.6) is 0 Å². The minimum absolute atomic E-state index is 0.244. The van der Waals surface area contributed by atoms with Crippen LogP contribution in [0.3, 0.4) is 0 Å². The largest absolute Gasteiger partial charge is 0.346 e. The van der Waals surface area contributed by atoms with Crippen molar-refractivity contribution in [2.45, 2.75) is 19.6 Å². The van der Waals surface area contributed by atoms with E-state index in [1.807, 2.05) is 6.92 Å². The first kappa shape index (κ1) is 15.6. The van der Waals surface area contributed by atoms with Crippen LogP contribution in [-0.4, -0.2) is 23.2 Å². The molecule has 0 bridgehead atoms. The third-order valence-electron chi connectivity index (χ3n) is 3.41. The topological polar surface area (TPSA) is 44.2 Å². The molecule has 0 amide bonds. The van der Waals surface area contributed by atoms with Crippen LogP contribution in [0.4, 0.5) is 4.39 Å². The minimum atomic E-state index is -0.599. The second-order valence-corrected chi connectivity index (χ2v) is 5.55. The molecule has 0 spiro atoms. The number of hydrogen-bond donors (Lipinski definition) is 0. The summed E-state index contributed by atoms with van der Waals surface area (Å²) >= 11 is 12.4. The third kappa shape index (κ3) is 2.82. The molecule has 0 N–H and O–H groups in total. The number of benzene rings is 1. The second kappa shape index (κ2) is 6.46. The zero-order valence-electron chi connectivity index (χ0n) is 11.8. The van der Waals surface area contributed by atoms with E-state index in [1.165, 1.54) is 12.4 Å². The fraction of sp³-hybridized carbons (Fsp3) is 0.333. The number of aromatic nitrogens is 2. The van der Waals surface area contributed by atoms with Gasteiger partial charge in [-0.05, 0) is 18.6 Å². The summed E-state index contributed by atoms with van der Waals surface area (Å²) in [6.07, 6.45) is 1.40. The van der Waals surface area contributed by atoms with Gasteiger partial charge >= 0.3 is 0 Å². The smallest absolute Gasteiger partial charge is 0.185 e. The molecule has 4 nitrogen and oxygen atoms in total. The fourth-order valence-corrected chi connectivity index (χ4v) is 2.88. The predicted molar refractivity (Wildman–Crippen MR) is 81.5 cm³/mol. The van der Waals surface area contributed by atoms with Gasteiger partial charge in [0, 0.05) is 11.1 Å². The van der Waals surface area contributed by atoms with E-state index in [0.717, 1.165) is 0 Å². The standard InChI is InChI=1S/C15H13Cl2FN2O2/c1-2-12-13(17)14(20-7-19-12)9-5-8(10(16)6-11(9)18)15-21-3-4-22-15/h5-7,15H,2-4H2,1H3. The molecule has 2 heterocycles. The molecular formula is C15H13Cl2FN2O2. The summed E-state index contributed by atoms with van der Waals surface area (Å²) < 4.78 is 25.2. The van der Waals surface area contributed by atoms with Gasteiger partial charge in [-0.1, -0.05) is 30.1 Å². The van der Waals surface area contributed by atoms with E-state index in [-0.39, 0.29) is 10.6 Å². The zero-order valence-corrected chi connectivity index (χ0v) is 13.3. The van der Waals surface area contributed by atoms with Crippen molar-refractivity contribution in [1.29, 1.82) is 0 Å². The number of ether oxygens (including phenoxy) is 2. The van der Waals surface area contributed by atoms with Gasteiger partial charge in [0.25, 0.3) is 0 Å². The Hall–Kier alpha value is -1.27.